The average molecular weight is 273 g/mol. The minimum absolute atomic E-state index is 0.0306. The normalized spacial score (nSPS) is 17.9. The van der Waals surface area contributed by atoms with Gasteiger partial charge in [0.2, 0.25) is 0 Å². The number of carbonyl (C=O) groups is 2. The largest absolute Gasteiger partial charge is 0.299 e. The molecule has 1 aromatic rings. The van der Waals surface area contributed by atoms with Crippen LogP contribution in [0.2, 0.25) is 0 Å². The van der Waals surface area contributed by atoms with Crippen molar-refractivity contribution < 1.29 is 9.59 Å². The van der Waals surface area contributed by atoms with E-state index in [1.165, 1.54) is 20.3 Å². The van der Waals surface area contributed by atoms with Gasteiger partial charge < -0.3 is 0 Å². The zero-order valence-corrected chi connectivity index (χ0v) is 12.3. The molecule has 0 spiro atoms. The zero-order valence-electron chi connectivity index (χ0n) is 12.3. The summed E-state index contributed by atoms with van der Waals surface area (Å²) in [5.74, 6) is -0.607. The van der Waals surface area contributed by atoms with Crippen LogP contribution in [0.4, 0.5) is 0 Å². The Morgan fingerprint density at radius 2 is 1.50 bits per heavy atom. The number of hydrogen-bond acceptors (Lipinski definition) is 3. The number of carbonyl (C=O) groups excluding carboxylic acids is 2. The van der Waals surface area contributed by atoms with Gasteiger partial charge in [-0.15, -0.1) is 0 Å². The molecule has 1 atom stereocenters. The summed E-state index contributed by atoms with van der Waals surface area (Å²) >= 11 is 0. The maximum Gasteiger partial charge on any atom is 0.142 e. The highest BCUT2D eigenvalue weighted by Crippen LogP contribution is 2.32. The molecule has 3 heteroatoms. The fourth-order valence-electron chi connectivity index (χ4n) is 3.19. The molecular formula is C17H23NO2. The van der Waals surface area contributed by atoms with E-state index in [9.17, 15) is 9.59 Å². The van der Waals surface area contributed by atoms with Crippen LogP contribution in [0.5, 0.6) is 0 Å². The average Bonchev–Trinajstić information content (AvgIpc) is 2.45. The van der Waals surface area contributed by atoms with Crippen LogP contribution in [0.25, 0.3) is 0 Å². The molecule has 0 amide bonds. The van der Waals surface area contributed by atoms with E-state index in [0.717, 1.165) is 31.5 Å². The summed E-state index contributed by atoms with van der Waals surface area (Å²) < 4.78 is 0. The highest BCUT2D eigenvalue weighted by Gasteiger charge is 2.35. The summed E-state index contributed by atoms with van der Waals surface area (Å²) in [4.78, 5) is 26.3. The lowest BCUT2D eigenvalue weighted by molar-refractivity contribution is -0.133. The van der Waals surface area contributed by atoms with Gasteiger partial charge in [-0.05, 0) is 45.3 Å². The summed E-state index contributed by atoms with van der Waals surface area (Å²) in [5.41, 5.74) is 1.07. The number of likely N-dealkylation sites (tertiary alicyclic amines) is 1. The van der Waals surface area contributed by atoms with Crippen molar-refractivity contribution >= 4 is 11.6 Å². The predicted molar refractivity (Wildman–Crippen MR) is 79.5 cm³/mol. The highest BCUT2D eigenvalue weighted by molar-refractivity contribution is 6.01. The monoisotopic (exact) mass is 273 g/mol. The second-order valence-corrected chi connectivity index (χ2v) is 5.65. The van der Waals surface area contributed by atoms with Crippen molar-refractivity contribution in [1.82, 2.24) is 4.90 Å². The van der Waals surface area contributed by atoms with E-state index in [2.05, 4.69) is 4.90 Å². The third kappa shape index (κ3) is 3.34. The molecule has 0 saturated carbocycles. The summed E-state index contributed by atoms with van der Waals surface area (Å²) in [6, 6.07) is 9.86. The van der Waals surface area contributed by atoms with Crippen LogP contribution in [0.3, 0.4) is 0 Å². The van der Waals surface area contributed by atoms with Gasteiger partial charge in [0, 0.05) is 0 Å². The number of ketones is 2. The smallest absolute Gasteiger partial charge is 0.142 e. The van der Waals surface area contributed by atoms with Crippen molar-refractivity contribution in [3.05, 3.63) is 35.9 Å². The third-order valence-corrected chi connectivity index (χ3v) is 4.12. The molecule has 0 aromatic heterocycles. The Morgan fingerprint density at radius 3 is 2.00 bits per heavy atom. The van der Waals surface area contributed by atoms with Gasteiger partial charge in [0.1, 0.15) is 11.6 Å². The summed E-state index contributed by atoms with van der Waals surface area (Å²) in [6.45, 7) is 5.01. The predicted octanol–water partition coefficient (Wildman–Crippen LogP) is 3.01. The first kappa shape index (κ1) is 14.9. The van der Waals surface area contributed by atoms with Crippen molar-refractivity contribution in [2.45, 2.75) is 39.2 Å². The van der Waals surface area contributed by atoms with E-state index in [-0.39, 0.29) is 17.6 Å². The van der Waals surface area contributed by atoms with E-state index in [4.69, 9.17) is 0 Å². The maximum atomic E-state index is 12.0. The lowest BCUT2D eigenvalue weighted by Crippen LogP contribution is -2.42. The van der Waals surface area contributed by atoms with E-state index in [1.54, 1.807) is 0 Å². The van der Waals surface area contributed by atoms with Gasteiger partial charge in [-0.3, -0.25) is 14.5 Å². The lowest BCUT2D eigenvalue weighted by Gasteiger charge is -2.38. The quantitative estimate of drug-likeness (QED) is 0.774. The molecule has 1 unspecified atom stereocenters. The standard InChI is InChI=1S/C17H23NO2/c1-13(19)16(14(2)20)17(15-9-5-3-6-10-15)18-11-7-4-8-12-18/h3,5-6,9-10,16-17H,4,7-8,11-12H2,1-2H3. The lowest BCUT2D eigenvalue weighted by atomic mass is 9.85. The highest BCUT2D eigenvalue weighted by atomic mass is 16.1. The van der Waals surface area contributed by atoms with Gasteiger partial charge in [0.15, 0.2) is 0 Å². The molecule has 1 fully saturated rings. The molecule has 1 aliphatic heterocycles. The van der Waals surface area contributed by atoms with Crippen molar-refractivity contribution in [3.8, 4) is 0 Å². The van der Waals surface area contributed by atoms with Crippen LogP contribution in [-0.2, 0) is 9.59 Å². The minimum Gasteiger partial charge on any atom is -0.299 e. The Kier molecular flexibility index (Phi) is 5.07. The van der Waals surface area contributed by atoms with Crippen molar-refractivity contribution in [2.75, 3.05) is 13.1 Å². The molecule has 0 bridgehead atoms. The summed E-state index contributed by atoms with van der Waals surface area (Å²) in [7, 11) is 0. The maximum absolute atomic E-state index is 12.0. The van der Waals surface area contributed by atoms with Crippen molar-refractivity contribution in [3.63, 3.8) is 0 Å². The Hall–Kier alpha value is -1.48. The van der Waals surface area contributed by atoms with Crippen LogP contribution in [-0.4, -0.2) is 29.6 Å². The zero-order chi connectivity index (χ0) is 14.5. The van der Waals surface area contributed by atoms with Gasteiger partial charge in [-0.2, -0.15) is 0 Å². The number of Topliss-reactive ketones (excluding diaryl/α,β-unsaturated/α-hetero) is 2. The number of hydrogen-bond donors (Lipinski definition) is 0. The molecule has 0 aliphatic carbocycles. The van der Waals surface area contributed by atoms with Gasteiger partial charge in [-0.25, -0.2) is 0 Å². The molecule has 3 nitrogen and oxygen atoms in total. The molecule has 1 saturated heterocycles. The van der Waals surface area contributed by atoms with Gasteiger partial charge in [0.05, 0.1) is 12.0 Å². The summed E-state index contributed by atoms with van der Waals surface area (Å²) in [6.07, 6.45) is 3.53. The first-order valence-corrected chi connectivity index (χ1v) is 7.41. The molecule has 20 heavy (non-hydrogen) atoms. The van der Waals surface area contributed by atoms with Crippen LogP contribution in [0.1, 0.15) is 44.7 Å². The number of rotatable bonds is 5. The first-order valence-electron chi connectivity index (χ1n) is 7.41. The Balaban J connectivity index is 2.37. The van der Waals surface area contributed by atoms with Crippen molar-refractivity contribution in [1.29, 1.82) is 0 Å². The van der Waals surface area contributed by atoms with Crippen LogP contribution in [0, 0.1) is 5.92 Å². The van der Waals surface area contributed by atoms with Crippen LogP contribution < -0.4 is 0 Å². The molecule has 108 valence electrons. The third-order valence-electron chi connectivity index (χ3n) is 4.12. The Labute approximate surface area is 121 Å². The molecular weight excluding hydrogens is 250 g/mol. The minimum atomic E-state index is -0.546. The second-order valence-electron chi connectivity index (χ2n) is 5.65. The number of piperidine rings is 1. The van der Waals surface area contributed by atoms with Crippen molar-refractivity contribution in [2.24, 2.45) is 5.92 Å². The SMILES string of the molecule is CC(=O)C(C(C)=O)C(c1ccccc1)N1CCCCC1. The van der Waals surface area contributed by atoms with E-state index >= 15 is 0 Å². The molecule has 1 heterocycles. The molecule has 1 aromatic carbocycles. The fraction of sp³-hybridized carbons (Fsp3) is 0.529. The first-order chi connectivity index (χ1) is 9.61. The Bertz CT molecular complexity index is 449. The van der Waals surface area contributed by atoms with Crippen LogP contribution >= 0.6 is 0 Å². The van der Waals surface area contributed by atoms with Gasteiger partial charge >= 0.3 is 0 Å². The summed E-state index contributed by atoms with van der Waals surface area (Å²) in [5, 5.41) is 0. The molecule has 2 rings (SSSR count). The topological polar surface area (TPSA) is 37.4 Å². The Morgan fingerprint density at radius 1 is 0.950 bits per heavy atom. The molecule has 1 aliphatic rings. The van der Waals surface area contributed by atoms with E-state index < -0.39 is 5.92 Å². The van der Waals surface area contributed by atoms with Crippen LogP contribution in [0.15, 0.2) is 30.3 Å². The molecule has 0 N–H and O–H groups in total. The fourth-order valence-corrected chi connectivity index (χ4v) is 3.19. The van der Waals surface area contributed by atoms with Gasteiger partial charge in [0.25, 0.3) is 0 Å². The number of nitrogens with zero attached hydrogens (tertiary/aromatic N) is 1. The van der Waals surface area contributed by atoms with E-state index in [0.29, 0.717) is 0 Å². The van der Waals surface area contributed by atoms with Gasteiger partial charge in [-0.1, -0.05) is 36.8 Å². The molecule has 0 radical (unpaired) electrons. The second kappa shape index (κ2) is 6.80. The van der Waals surface area contributed by atoms with E-state index in [1.807, 2.05) is 30.3 Å². The number of benzene rings is 1.